The molecule has 1 heterocycles. The van der Waals surface area contributed by atoms with E-state index in [4.69, 9.17) is 0 Å². The molecule has 3 aromatic carbocycles. The summed E-state index contributed by atoms with van der Waals surface area (Å²) in [6.45, 7) is 0. The Labute approximate surface area is 171 Å². The first kappa shape index (κ1) is 18.9. The molecular formula is C23H18N4O3. The van der Waals surface area contributed by atoms with Crippen LogP contribution in [-0.4, -0.2) is 16.9 Å². The highest BCUT2D eigenvalue weighted by Gasteiger charge is 2.10. The van der Waals surface area contributed by atoms with Gasteiger partial charge in [0.15, 0.2) is 0 Å². The summed E-state index contributed by atoms with van der Waals surface area (Å²) in [7, 11) is 0. The summed E-state index contributed by atoms with van der Waals surface area (Å²) >= 11 is 0. The largest absolute Gasteiger partial charge is 0.323 e. The first-order valence-electron chi connectivity index (χ1n) is 9.25. The van der Waals surface area contributed by atoms with Crippen LogP contribution in [0.2, 0.25) is 0 Å². The quantitative estimate of drug-likeness (QED) is 0.409. The van der Waals surface area contributed by atoms with Gasteiger partial charge in [0.2, 0.25) is 0 Å². The van der Waals surface area contributed by atoms with Crippen LogP contribution in [0.1, 0.15) is 10.5 Å². The van der Waals surface area contributed by atoms with Gasteiger partial charge < -0.3 is 20.9 Å². The van der Waals surface area contributed by atoms with Crippen LogP contribution in [-0.2, 0) is 0 Å². The Kier molecular flexibility index (Phi) is 5.25. The molecule has 0 saturated heterocycles. The summed E-state index contributed by atoms with van der Waals surface area (Å²) in [6, 6.07) is 24.1. The number of urea groups is 1. The van der Waals surface area contributed by atoms with Crippen molar-refractivity contribution in [3.05, 3.63) is 101 Å². The van der Waals surface area contributed by atoms with Crippen LogP contribution in [0.25, 0.3) is 10.8 Å². The molecule has 0 spiro atoms. The van der Waals surface area contributed by atoms with Crippen LogP contribution in [0.3, 0.4) is 0 Å². The molecule has 30 heavy (non-hydrogen) atoms. The van der Waals surface area contributed by atoms with Gasteiger partial charge >= 0.3 is 6.03 Å². The number of H-pyrrole nitrogens is 1. The Bertz CT molecular complexity index is 1270. The summed E-state index contributed by atoms with van der Waals surface area (Å²) in [6.07, 6.45) is 0. The highest BCUT2D eigenvalue weighted by Crippen LogP contribution is 2.16. The van der Waals surface area contributed by atoms with Crippen molar-refractivity contribution in [3.8, 4) is 0 Å². The second-order valence-electron chi connectivity index (χ2n) is 6.58. The second-order valence-corrected chi connectivity index (χ2v) is 6.58. The Hall–Kier alpha value is -4.39. The molecule has 4 N–H and O–H groups in total. The smallest absolute Gasteiger partial charge is 0.321 e. The van der Waals surface area contributed by atoms with Gasteiger partial charge in [-0.3, -0.25) is 9.59 Å². The highest BCUT2D eigenvalue weighted by molar-refractivity contribution is 6.05. The Morgan fingerprint density at radius 1 is 0.667 bits per heavy atom. The van der Waals surface area contributed by atoms with E-state index in [1.807, 2.05) is 24.3 Å². The molecule has 0 atom stereocenters. The van der Waals surface area contributed by atoms with Crippen LogP contribution in [0.15, 0.2) is 89.7 Å². The molecule has 3 amide bonds. The van der Waals surface area contributed by atoms with E-state index in [2.05, 4.69) is 20.9 Å². The van der Waals surface area contributed by atoms with Crippen LogP contribution in [0.5, 0.6) is 0 Å². The zero-order valence-corrected chi connectivity index (χ0v) is 15.8. The van der Waals surface area contributed by atoms with E-state index < -0.39 is 5.91 Å². The fourth-order valence-corrected chi connectivity index (χ4v) is 2.98. The Morgan fingerprint density at radius 2 is 1.23 bits per heavy atom. The zero-order chi connectivity index (χ0) is 20.9. The van der Waals surface area contributed by atoms with E-state index in [0.717, 1.165) is 0 Å². The molecule has 0 bridgehead atoms. The lowest BCUT2D eigenvalue weighted by Gasteiger charge is -2.09. The molecule has 4 rings (SSSR count). The number of aromatic amines is 1. The predicted molar refractivity (Wildman–Crippen MR) is 118 cm³/mol. The standard InChI is InChI=1S/C23H18N4O3/c28-21-19-9-5-4-6-15(19)14-20(27-21)22(29)24-17-10-12-18(13-11-17)26-23(30)25-16-7-2-1-3-8-16/h1-14H,(H,24,29)(H,27,28)(H2,25,26,30). The predicted octanol–water partition coefficient (Wildman–Crippen LogP) is 4.42. The number of rotatable bonds is 4. The molecule has 148 valence electrons. The molecule has 0 unspecified atom stereocenters. The summed E-state index contributed by atoms with van der Waals surface area (Å²) < 4.78 is 0. The van der Waals surface area contributed by atoms with Crippen molar-refractivity contribution in [2.45, 2.75) is 0 Å². The van der Waals surface area contributed by atoms with Gasteiger partial charge in [0.05, 0.1) is 0 Å². The SMILES string of the molecule is O=C(Nc1ccccc1)Nc1ccc(NC(=O)c2cc3ccccc3c(=O)[nH]2)cc1. The number of benzene rings is 3. The molecule has 0 radical (unpaired) electrons. The van der Waals surface area contributed by atoms with E-state index in [1.54, 1.807) is 60.7 Å². The molecule has 7 heteroatoms. The van der Waals surface area contributed by atoms with Crippen molar-refractivity contribution < 1.29 is 9.59 Å². The molecule has 0 saturated carbocycles. The maximum atomic E-state index is 12.5. The maximum Gasteiger partial charge on any atom is 0.323 e. The minimum Gasteiger partial charge on any atom is -0.321 e. The number of nitrogens with one attached hydrogen (secondary N) is 4. The Balaban J connectivity index is 1.41. The minimum atomic E-state index is -0.430. The van der Waals surface area contributed by atoms with Gasteiger partial charge in [0, 0.05) is 22.4 Å². The van der Waals surface area contributed by atoms with Crippen LogP contribution in [0.4, 0.5) is 21.9 Å². The van der Waals surface area contributed by atoms with Crippen molar-refractivity contribution in [1.29, 1.82) is 0 Å². The lowest BCUT2D eigenvalue weighted by molar-refractivity contribution is 0.102. The minimum absolute atomic E-state index is 0.170. The number of hydrogen-bond acceptors (Lipinski definition) is 3. The van der Waals surface area contributed by atoms with Crippen molar-refractivity contribution in [2.24, 2.45) is 0 Å². The molecule has 0 aliphatic rings. The van der Waals surface area contributed by atoms with E-state index in [-0.39, 0.29) is 17.3 Å². The third-order valence-electron chi connectivity index (χ3n) is 4.43. The van der Waals surface area contributed by atoms with Gasteiger partial charge in [-0.2, -0.15) is 0 Å². The van der Waals surface area contributed by atoms with Crippen molar-refractivity contribution >= 4 is 39.8 Å². The molecule has 1 aromatic heterocycles. The van der Waals surface area contributed by atoms with Crippen LogP contribution >= 0.6 is 0 Å². The number of aromatic nitrogens is 1. The number of carbonyl (C=O) groups excluding carboxylic acids is 2. The van der Waals surface area contributed by atoms with E-state index in [0.29, 0.717) is 27.8 Å². The number of pyridine rings is 1. The maximum absolute atomic E-state index is 12.5. The Morgan fingerprint density at radius 3 is 1.93 bits per heavy atom. The number of hydrogen-bond donors (Lipinski definition) is 4. The fraction of sp³-hybridized carbons (Fsp3) is 0. The molecule has 0 aliphatic heterocycles. The van der Waals surface area contributed by atoms with Crippen molar-refractivity contribution in [2.75, 3.05) is 16.0 Å². The fourth-order valence-electron chi connectivity index (χ4n) is 2.98. The van der Waals surface area contributed by atoms with Crippen molar-refractivity contribution in [1.82, 2.24) is 4.98 Å². The molecule has 0 aliphatic carbocycles. The van der Waals surface area contributed by atoms with E-state index in [1.165, 1.54) is 0 Å². The van der Waals surface area contributed by atoms with Gasteiger partial charge in [-0.25, -0.2) is 4.79 Å². The zero-order valence-electron chi connectivity index (χ0n) is 15.8. The van der Waals surface area contributed by atoms with Gasteiger partial charge in [0.25, 0.3) is 11.5 Å². The number of amides is 3. The second kappa shape index (κ2) is 8.32. The number of anilines is 3. The average Bonchev–Trinajstić information content (AvgIpc) is 2.76. The lowest BCUT2D eigenvalue weighted by Crippen LogP contribution is -2.20. The van der Waals surface area contributed by atoms with E-state index in [9.17, 15) is 14.4 Å². The monoisotopic (exact) mass is 398 g/mol. The molecule has 7 nitrogen and oxygen atoms in total. The van der Waals surface area contributed by atoms with Gasteiger partial charge in [-0.1, -0.05) is 36.4 Å². The summed E-state index contributed by atoms with van der Waals surface area (Å²) in [5.41, 5.74) is 1.64. The molecule has 4 aromatic rings. The van der Waals surface area contributed by atoms with Crippen LogP contribution < -0.4 is 21.5 Å². The average molecular weight is 398 g/mol. The lowest BCUT2D eigenvalue weighted by atomic mass is 10.1. The van der Waals surface area contributed by atoms with E-state index >= 15 is 0 Å². The third kappa shape index (κ3) is 4.36. The van der Waals surface area contributed by atoms with Crippen molar-refractivity contribution in [3.63, 3.8) is 0 Å². The van der Waals surface area contributed by atoms with Crippen LogP contribution in [0, 0.1) is 0 Å². The molecular weight excluding hydrogens is 380 g/mol. The first-order valence-corrected chi connectivity index (χ1v) is 9.25. The van der Waals surface area contributed by atoms with Gasteiger partial charge in [0.1, 0.15) is 5.69 Å². The topological polar surface area (TPSA) is 103 Å². The van der Waals surface area contributed by atoms with Gasteiger partial charge in [-0.15, -0.1) is 0 Å². The number of carbonyl (C=O) groups is 2. The molecule has 0 fully saturated rings. The number of para-hydroxylation sites is 1. The highest BCUT2D eigenvalue weighted by atomic mass is 16.2. The summed E-state index contributed by atoms with van der Waals surface area (Å²) in [4.78, 5) is 39.3. The van der Waals surface area contributed by atoms with Gasteiger partial charge in [-0.05, 0) is 53.9 Å². The number of fused-ring (bicyclic) bond motifs is 1. The normalized spacial score (nSPS) is 10.4. The summed E-state index contributed by atoms with van der Waals surface area (Å²) in [5, 5.41) is 9.39. The third-order valence-corrected chi connectivity index (χ3v) is 4.43. The summed E-state index contributed by atoms with van der Waals surface area (Å²) in [5.74, 6) is -0.430. The first-order chi connectivity index (χ1) is 14.6.